The van der Waals surface area contributed by atoms with Crippen molar-refractivity contribution in [3.63, 3.8) is 0 Å². The Hall–Kier alpha value is -8.36. The first kappa shape index (κ1) is 68.0. The molecule has 9 aromatic carbocycles. The van der Waals surface area contributed by atoms with E-state index in [4.69, 9.17) is 9.47 Å². The Balaban J connectivity index is 1.12. The van der Waals surface area contributed by atoms with E-state index in [1.807, 2.05) is 42.5 Å². The first-order chi connectivity index (χ1) is 44.0. The third kappa shape index (κ3) is 13.6. The topological polar surface area (TPSA) is 68.8 Å². The SMILES string of the molecule is CC(C)(C)CC(C)(C)c1cc(-c2cc(F)ccc2OC(Oc2ccc(F)cc2-c2cc(C(C)(C)CC(C)(C)C)cc(-n3c4ccc(C(C)(C)C)cc4c4cc(C(C)(C)C)ccc43)c2O)c2ccccc2)c(O)c(-n2c3ccc(C(C)(C)C)cc3c3cc(C(C)(C)C)ccc32)c1. The summed E-state index contributed by atoms with van der Waals surface area (Å²) >= 11 is 0. The van der Waals surface area contributed by atoms with Gasteiger partial charge in [-0.2, -0.15) is 0 Å². The van der Waals surface area contributed by atoms with Gasteiger partial charge < -0.3 is 28.8 Å². The summed E-state index contributed by atoms with van der Waals surface area (Å²) < 4.78 is 51.8. The Bertz CT molecular complexity index is 4340. The smallest absolute Gasteiger partial charge is 0.267 e. The second-order valence-electron chi connectivity index (χ2n) is 34.9. The predicted octanol–water partition coefficient (Wildman–Crippen LogP) is 24.7. The van der Waals surface area contributed by atoms with Gasteiger partial charge in [-0.3, -0.25) is 0 Å². The van der Waals surface area contributed by atoms with E-state index in [0.717, 1.165) is 67.6 Å². The Labute approximate surface area is 564 Å². The van der Waals surface area contributed by atoms with Crippen molar-refractivity contribution in [2.75, 3.05) is 0 Å². The van der Waals surface area contributed by atoms with Crippen molar-refractivity contribution in [3.8, 4) is 56.6 Å². The van der Waals surface area contributed by atoms with Crippen LogP contribution < -0.4 is 9.47 Å². The van der Waals surface area contributed by atoms with Crippen molar-refractivity contribution < 1.29 is 28.5 Å². The van der Waals surface area contributed by atoms with Crippen molar-refractivity contribution in [2.45, 2.75) is 204 Å². The first-order valence-corrected chi connectivity index (χ1v) is 33.9. The number of phenolic OH excluding ortho intramolecular Hbond substituents is 2. The molecule has 0 unspecified atom stereocenters. The zero-order valence-corrected chi connectivity index (χ0v) is 60.4. The zero-order valence-electron chi connectivity index (χ0n) is 60.4. The number of benzene rings is 9. The van der Waals surface area contributed by atoms with Gasteiger partial charge in [-0.05, 0) is 199 Å². The lowest BCUT2D eigenvalue weighted by Gasteiger charge is -2.34. The molecule has 0 amide bonds. The summed E-state index contributed by atoms with van der Waals surface area (Å²) in [5, 5.41) is 31.0. The largest absolute Gasteiger partial charge is 0.505 e. The van der Waals surface area contributed by atoms with Crippen LogP contribution in [0.5, 0.6) is 23.0 Å². The molecule has 2 heterocycles. The molecule has 0 aliphatic carbocycles. The fourth-order valence-electron chi connectivity index (χ4n) is 14.7. The van der Waals surface area contributed by atoms with Crippen molar-refractivity contribution in [3.05, 3.63) is 214 Å². The summed E-state index contributed by atoms with van der Waals surface area (Å²) in [6.07, 6.45) is 0.340. The van der Waals surface area contributed by atoms with Crippen molar-refractivity contribution in [1.82, 2.24) is 9.13 Å². The number of aromatic hydroxyl groups is 2. The molecule has 6 nitrogen and oxygen atoms in total. The number of rotatable bonds is 13. The van der Waals surface area contributed by atoms with Gasteiger partial charge in [-0.1, -0.05) is 207 Å². The highest BCUT2D eigenvalue weighted by molar-refractivity contribution is 6.11. The lowest BCUT2D eigenvalue weighted by atomic mass is 9.71. The first-order valence-electron chi connectivity index (χ1n) is 33.9. The summed E-state index contributed by atoms with van der Waals surface area (Å²) in [5.74, 6) is -0.704. The molecule has 0 aliphatic rings. The minimum Gasteiger partial charge on any atom is -0.505 e. The van der Waals surface area contributed by atoms with Crippen LogP contribution in [0.4, 0.5) is 8.78 Å². The van der Waals surface area contributed by atoms with Crippen molar-refractivity contribution >= 4 is 43.6 Å². The Morgan fingerprint density at radius 1 is 0.337 bits per heavy atom. The average molecular weight is 1280 g/mol. The number of hydrogen-bond acceptors (Lipinski definition) is 4. The quantitative estimate of drug-likeness (QED) is 0.113. The van der Waals surface area contributed by atoms with Crippen molar-refractivity contribution in [1.29, 1.82) is 0 Å². The van der Waals surface area contributed by atoms with E-state index in [9.17, 15) is 10.2 Å². The number of ether oxygens (including phenoxy) is 2. The third-order valence-electron chi connectivity index (χ3n) is 19.2. The summed E-state index contributed by atoms with van der Waals surface area (Å²) in [7, 11) is 0. The molecule has 0 atom stereocenters. The van der Waals surface area contributed by atoms with Crippen LogP contribution in [0.1, 0.15) is 210 Å². The maximum absolute atomic E-state index is 16.5. The minimum absolute atomic E-state index is 0.0552. The van der Waals surface area contributed by atoms with E-state index in [0.29, 0.717) is 39.2 Å². The fraction of sp³-hybridized carbons (Fsp3) is 0.379. The summed E-state index contributed by atoms with van der Waals surface area (Å²) in [6.45, 7) is 49.0. The molecule has 0 fully saturated rings. The van der Waals surface area contributed by atoms with Crippen LogP contribution in [0.25, 0.3) is 77.2 Å². The molecule has 0 saturated heterocycles. The standard InChI is InChI=1S/C87H100F2N2O4/c1-80(2,3)50-86(19,20)57-44-67(77(92)73(46-57)90-69-34-28-53(82(7,8)9)40-61(69)62-41-54(83(10,11)12)29-35-70(62)90)65-48-59(88)32-38-75(65)94-79(52-26-24-23-25-27-52)95-76-39-33-60(89)49-66(76)68-45-58(87(21,22)51-81(4,5)6)47-74(78(68)93)91-71-36-30-55(84(13,14)15)42-63(71)64-43-56(85(16,17)18)31-37-72(64)91/h23-49,79,92-93H,50-51H2,1-22H3. The van der Waals surface area contributed by atoms with Gasteiger partial charge in [0.2, 0.25) is 0 Å². The second kappa shape index (κ2) is 23.8. The molecule has 2 aromatic heterocycles. The van der Waals surface area contributed by atoms with Gasteiger partial charge in [-0.25, -0.2) is 8.78 Å². The van der Waals surface area contributed by atoms with Gasteiger partial charge in [0, 0.05) is 49.4 Å². The monoisotopic (exact) mass is 1270 g/mol. The van der Waals surface area contributed by atoms with E-state index in [1.165, 1.54) is 46.5 Å². The lowest BCUT2D eigenvalue weighted by Crippen LogP contribution is -2.25. The van der Waals surface area contributed by atoms with E-state index in [2.05, 4.69) is 246 Å². The zero-order chi connectivity index (χ0) is 69.2. The summed E-state index contributed by atoms with van der Waals surface area (Å²) in [5.41, 5.74) is 11.8. The van der Waals surface area contributed by atoms with Crippen LogP contribution in [0.3, 0.4) is 0 Å². The maximum Gasteiger partial charge on any atom is 0.267 e. The van der Waals surface area contributed by atoms with Gasteiger partial charge in [0.15, 0.2) is 0 Å². The average Bonchev–Trinajstić information content (AvgIpc) is 1.63. The van der Waals surface area contributed by atoms with Crippen LogP contribution in [0, 0.1) is 22.5 Å². The van der Waals surface area contributed by atoms with Gasteiger partial charge in [0.25, 0.3) is 6.29 Å². The maximum atomic E-state index is 16.5. The van der Waals surface area contributed by atoms with Crippen molar-refractivity contribution in [2.24, 2.45) is 10.8 Å². The number of fused-ring (bicyclic) bond motifs is 6. The molecule has 0 bridgehead atoms. The second-order valence-corrected chi connectivity index (χ2v) is 34.9. The van der Waals surface area contributed by atoms with Crippen LogP contribution >= 0.6 is 0 Å². The molecule has 11 aromatic rings. The van der Waals surface area contributed by atoms with Gasteiger partial charge in [0.1, 0.15) is 34.6 Å². The molecular weight excluding hydrogens is 1170 g/mol. The van der Waals surface area contributed by atoms with Gasteiger partial charge in [-0.15, -0.1) is 0 Å². The molecule has 496 valence electrons. The van der Waals surface area contributed by atoms with E-state index in [-0.39, 0.29) is 55.5 Å². The highest BCUT2D eigenvalue weighted by Gasteiger charge is 2.35. The highest BCUT2D eigenvalue weighted by Crippen LogP contribution is 2.52. The number of nitrogens with zero attached hydrogens (tertiary/aromatic N) is 2. The fourth-order valence-corrected chi connectivity index (χ4v) is 14.7. The molecule has 95 heavy (non-hydrogen) atoms. The number of hydrogen-bond donors (Lipinski definition) is 2. The number of phenols is 2. The number of halogens is 2. The Morgan fingerprint density at radius 3 is 0.926 bits per heavy atom. The summed E-state index contributed by atoms with van der Waals surface area (Å²) in [4.78, 5) is 0. The molecule has 0 spiro atoms. The molecule has 0 radical (unpaired) electrons. The molecule has 0 aliphatic heterocycles. The lowest BCUT2D eigenvalue weighted by molar-refractivity contribution is 0.00459. The van der Waals surface area contributed by atoms with Crippen LogP contribution in [-0.4, -0.2) is 19.3 Å². The van der Waals surface area contributed by atoms with Crippen LogP contribution in [-0.2, 0) is 32.5 Å². The van der Waals surface area contributed by atoms with Gasteiger partial charge >= 0.3 is 0 Å². The van der Waals surface area contributed by atoms with E-state index in [1.54, 1.807) is 12.1 Å². The molecular formula is C87H100F2N2O4. The Kier molecular flexibility index (Phi) is 17.0. The van der Waals surface area contributed by atoms with Crippen LogP contribution in [0.15, 0.2) is 164 Å². The molecule has 8 heteroatoms. The third-order valence-corrected chi connectivity index (χ3v) is 19.2. The molecule has 11 rings (SSSR count). The Morgan fingerprint density at radius 2 is 0.642 bits per heavy atom. The number of aromatic nitrogens is 2. The minimum atomic E-state index is -1.24. The van der Waals surface area contributed by atoms with Crippen LogP contribution in [0.2, 0.25) is 0 Å². The van der Waals surface area contributed by atoms with E-state index < -0.39 is 28.8 Å². The highest BCUT2D eigenvalue weighted by atomic mass is 19.1. The van der Waals surface area contributed by atoms with E-state index >= 15 is 8.78 Å². The predicted molar refractivity (Wildman–Crippen MR) is 395 cm³/mol. The molecule has 2 N–H and O–H groups in total. The summed E-state index contributed by atoms with van der Waals surface area (Å²) in [6, 6.07) is 53.0. The molecule has 0 saturated carbocycles. The normalized spacial score (nSPS) is 13.3. The van der Waals surface area contributed by atoms with Gasteiger partial charge in [0.05, 0.1) is 33.4 Å².